The fraction of sp³-hybridized carbons (Fsp3) is 0.667. The van der Waals surface area contributed by atoms with Crippen LogP contribution in [0, 0.1) is 6.92 Å². The molecule has 0 radical (unpaired) electrons. The second-order valence-electron chi connectivity index (χ2n) is 5.44. The zero-order chi connectivity index (χ0) is 13.0. The smallest absolute Gasteiger partial charge is 0.0485 e. The molecular formula is C15H25N3. The summed E-state index contributed by atoms with van der Waals surface area (Å²) in [6, 6.07) is 5.24. The highest BCUT2D eigenvalue weighted by Gasteiger charge is 2.24. The van der Waals surface area contributed by atoms with Crippen molar-refractivity contribution in [2.75, 3.05) is 13.6 Å². The van der Waals surface area contributed by atoms with Gasteiger partial charge in [0.25, 0.3) is 0 Å². The number of nitrogens with zero attached hydrogens (tertiary/aromatic N) is 2. The molecule has 1 aliphatic carbocycles. The van der Waals surface area contributed by atoms with Gasteiger partial charge in [0.1, 0.15) is 0 Å². The minimum Gasteiger partial charge on any atom is -0.329 e. The van der Waals surface area contributed by atoms with E-state index in [1.54, 1.807) is 0 Å². The van der Waals surface area contributed by atoms with Gasteiger partial charge in [-0.3, -0.25) is 9.88 Å². The standard InChI is InChI=1S/C15H25N3/c1-12-8-9-13(11-17-12)15(10-16)18(2)14-6-4-3-5-7-14/h8-9,11,14-15H,3-7,10,16H2,1-2H3. The van der Waals surface area contributed by atoms with E-state index in [1.165, 1.54) is 37.7 Å². The minimum atomic E-state index is 0.307. The van der Waals surface area contributed by atoms with E-state index in [9.17, 15) is 0 Å². The van der Waals surface area contributed by atoms with E-state index in [0.29, 0.717) is 18.6 Å². The Balaban J connectivity index is 2.09. The first-order valence-corrected chi connectivity index (χ1v) is 7.07. The molecule has 1 aliphatic rings. The van der Waals surface area contributed by atoms with Crippen LogP contribution >= 0.6 is 0 Å². The SMILES string of the molecule is Cc1ccc(C(CN)N(C)C2CCCCC2)cn1. The first-order chi connectivity index (χ1) is 8.72. The number of hydrogen-bond donors (Lipinski definition) is 1. The van der Waals surface area contributed by atoms with Crippen molar-refractivity contribution in [3.05, 3.63) is 29.6 Å². The van der Waals surface area contributed by atoms with Gasteiger partial charge in [0.15, 0.2) is 0 Å². The summed E-state index contributed by atoms with van der Waals surface area (Å²) in [7, 11) is 2.22. The minimum absolute atomic E-state index is 0.307. The normalized spacial score (nSPS) is 19.1. The lowest BCUT2D eigenvalue weighted by atomic mass is 9.92. The molecule has 18 heavy (non-hydrogen) atoms. The molecule has 2 rings (SSSR count). The van der Waals surface area contributed by atoms with E-state index in [4.69, 9.17) is 5.73 Å². The molecule has 1 aromatic rings. The van der Waals surface area contributed by atoms with Gasteiger partial charge in [0, 0.05) is 30.5 Å². The highest BCUT2D eigenvalue weighted by atomic mass is 15.2. The van der Waals surface area contributed by atoms with Crippen LogP contribution < -0.4 is 5.73 Å². The zero-order valence-corrected chi connectivity index (χ0v) is 11.6. The summed E-state index contributed by atoms with van der Waals surface area (Å²) in [6.07, 6.45) is 8.71. The monoisotopic (exact) mass is 247 g/mol. The molecule has 100 valence electrons. The second kappa shape index (κ2) is 6.30. The summed E-state index contributed by atoms with van der Waals surface area (Å²) in [6.45, 7) is 2.68. The van der Waals surface area contributed by atoms with E-state index < -0.39 is 0 Å². The van der Waals surface area contributed by atoms with E-state index in [-0.39, 0.29) is 0 Å². The number of likely N-dealkylation sites (N-methyl/N-ethyl adjacent to an activating group) is 1. The third-order valence-electron chi connectivity index (χ3n) is 4.18. The molecule has 3 nitrogen and oxygen atoms in total. The van der Waals surface area contributed by atoms with Gasteiger partial charge < -0.3 is 5.73 Å². The molecule has 2 N–H and O–H groups in total. The fourth-order valence-electron chi connectivity index (χ4n) is 2.96. The summed E-state index contributed by atoms with van der Waals surface area (Å²) < 4.78 is 0. The van der Waals surface area contributed by atoms with Gasteiger partial charge in [0.05, 0.1) is 0 Å². The Bertz CT molecular complexity index is 355. The number of nitrogens with two attached hydrogens (primary N) is 1. The summed E-state index contributed by atoms with van der Waals surface area (Å²) in [5, 5.41) is 0. The molecule has 3 heteroatoms. The fourth-order valence-corrected chi connectivity index (χ4v) is 2.96. The number of aryl methyl sites for hydroxylation is 1. The summed E-state index contributed by atoms with van der Waals surface area (Å²) >= 11 is 0. The predicted molar refractivity (Wildman–Crippen MR) is 75.4 cm³/mol. The van der Waals surface area contributed by atoms with Gasteiger partial charge in [-0.25, -0.2) is 0 Å². The van der Waals surface area contributed by atoms with Crippen LogP contribution in [0.5, 0.6) is 0 Å². The molecule has 1 aromatic heterocycles. The molecule has 1 atom stereocenters. The lowest BCUT2D eigenvalue weighted by molar-refractivity contribution is 0.140. The van der Waals surface area contributed by atoms with Crippen molar-refractivity contribution in [1.29, 1.82) is 0 Å². The van der Waals surface area contributed by atoms with Gasteiger partial charge in [-0.05, 0) is 38.4 Å². The van der Waals surface area contributed by atoms with Crippen LogP contribution in [0.15, 0.2) is 18.3 Å². The summed E-state index contributed by atoms with van der Waals surface area (Å²) in [5.41, 5.74) is 8.29. The Morgan fingerprint density at radius 2 is 2.06 bits per heavy atom. The number of aromatic nitrogens is 1. The van der Waals surface area contributed by atoms with Crippen molar-refractivity contribution in [2.24, 2.45) is 5.73 Å². The largest absolute Gasteiger partial charge is 0.329 e. The van der Waals surface area contributed by atoms with Gasteiger partial charge in [-0.2, -0.15) is 0 Å². The van der Waals surface area contributed by atoms with E-state index in [2.05, 4.69) is 29.1 Å². The molecule has 0 saturated heterocycles. The quantitative estimate of drug-likeness (QED) is 0.889. The van der Waals surface area contributed by atoms with Crippen LogP contribution in [-0.4, -0.2) is 29.5 Å². The van der Waals surface area contributed by atoms with Crippen molar-refractivity contribution in [1.82, 2.24) is 9.88 Å². The van der Waals surface area contributed by atoms with Crippen molar-refractivity contribution in [2.45, 2.75) is 51.1 Å². The predicted octanol–water partition coefficient (Wildman–Crippen LogP) is 2.65. The first-order valence-electron chi connectivity index (χ1n) is 7.07. The lowest BCUT2D eigenvalue weighted by Gasteiger charge is -2.36. The molecule has 0 spiro atoms. The van der Waals surface area contributed by atoms with Gasteiger partial charge in [-0.1, -0.05) is 25.3 Å². The van der Waals surface area contributed by atoms with Gasteiger partial charge in [0.2, 0.25) is 0 Å². The maximum atomic E-state index is 5.98. The Labute approximate surface area is 110 Å². The number of pyridine rings is 1. The summed E-state index contributed by atoms with van der Waals surface area (Å²) in [5.74, 6) is 0. The van der Waals surface area contributed by atoms with E-state index in [0.717, 1.165) is 5.69 Å². The van der Waals surface area contributed by atoms with Gasteiger partial charge in [-0.15, -0.1) is 0 Å². The van der Waals surface area contributed by atoms with Crippen LogP contribution in [0.3, 0.4) is 0 Å². The second-order valence-corrected chi connectivity index (χ2v) is 5.44. The lowest BCUT2D eigenvalue weighted by Crippen LogP contribution is -2.39. The average Bonchev–Trinajstić information content (AvgIpc) is 2.42. The maximum Gasteiger partial charge on any atom is 0.0485 e. The third kappa shape index (κ3) is 3.09. The molecule has 0 amide bonds. The average molecular weight is 247 g/mol. The first kappa shape index (κ1) is 13.5. The molecule has 0 aliphatic heterocycles. The molecule has 0 bridgehead atoms. The number of rotatable bonds is 4. The third-order valence-corrected chi connectivity index (χ3v) is 4.18. The van der Waals surface area contributed by atoms with Crippen LogP contribution in [0.4, 0.5) is 0 Å². The Morgan fingerprint density at radius 1 is 1.33 bits per heavy atom. The molecule has 1 heterocycles. The highest BCUT2D eigenvalue weighted by molar-refractivity contribution is 5.18. The Morgan fingerprint density at radius 3 is 2.61 bits per heavy atom. The Kier molecular flexibility index (Phi) is 4.72. The maximum absolute atomic E-state index is 5.98. The van der Waals surface area contributed by atoms with Crippen molar-refractivity contribution in [3.8, 4) is 0 Å². The Hall–Kier alpha value is -0.930. The van der Waals surface area contributed by atoms with Crippen LogP contribution in [0.1, 0.15) is 49.4 Å². The summed E-state index contributed by atoms with van der Waals surface area (Å²) in [4.78, 5) is 6.86. The topological polar surface area (TPSA) is 42.1 Å². The van der Waals surface area contributed by atoms with E-state index in [1.807, 2.05) is 13.1 Å². The van der Waals surface area contributed by atoms with Gasteiger partial charge >= 0.3 is 0 Å². The van der Waals surface area contributed by atoms with Crippen LogP contribution in [0.2, 0.25) is 0 Å². The molecule has 0 aromatic carbocycles. The molecular weight excluding hydrogens is 222 g/mol. The van der Waals surface area contributed by atoms with Crippen LogP contribution in [-0.2, 0) is 0 Å². The molecule has 1 unspecified atom stereocenters. The van der Waals surface area contributed by atoms with Crippen molar-refractivity contribution in [3.63, 3.8) is 0 Å². The molecule has 1 fully saturated rings. The number of hydrogen-bond acceptors (Lipinski definition) is 3. The highest BCUT2D eigenvalue weighted by Crippen LogP contribution is 2.28. The van der Waals surface area contributed by atoms with Crippen molar-refractivity contribution >= 4 is 0 Å². The zero-order valence-electron chi connectivity index (χ0n) is 11.6. The van der Waals surface area contributed by atoms with E-state index >= 15 is 0 Å². The van der Waals surface area contributed by atoms with Crippen LogP contribution in [0.25, 0.3) is 0 Å². The molecule has 1 saturated carbocycles. The van der Waals surface area contributed by atoms with Crippen molar-refractivity contribution < 1.29 is 0 Å².